The first-order chi connectivity index (χ1) is 11.9. The molecule has 1 aromatic carbocycles. The molecule has 6 nitrogen and oxygen atoms in total. The zero-order valence-corrected chi connectivity index (χ0v) is 15.6. The smallest absolute Gasteiger partial charge is 0.321 e. The molecule has 0 radical (unpaired) electrons. The summed E-state index contributed by atoms with van der Waals surface area (Å²) in [5, 5.41) is 4.83. The van der Waals surface area contributed by atoms with Gasteiger partial charge in [0.25, 0.3) is 0 Å². The highest BCUT2D eigenvalue weighted by Gasteiger charge is 2.25. The van der Waals surface area contributed by atoms with Gasteiger partial charge < -0.3 is 5.32 Å². The number of aryl methyl sites for hydroxylation is 2. The van der Waals surface area contributed by atoms with Crippen molar-refractivity contribution in [2.75, 3.05) is 6.54 Å². The van der Waals surface area contributed by atoms with Gasteiger partial charge in [-0.2, -0.15) is 0 Å². The number of nitrogens with one attached hydrogen (secondary N) is 2. The van der Waals surface area contributed by atoms with E-state index < -0.39 is 17.2 Å². The Morgan fingerprint density at radius 3 is 2.24 bits per heavy atom. The molecule has 0 aliphatic heterocycles. The summed E-state index contributed by atoms with van der Waals surface area (Å²) in [6, 6.07) is 8.78. The highest BCUT2D eigenvalue weighted by atomic mass is 32.2. The Kier molecular flexibility index (Phi) is 6.52. The average molecular weight is 358 g/mol. The second-order valence-electron chi connectivity index (χ2n) is 5.56. The minimum Gasteiger partial charge on any atom is -0.338 e. The fraction of sp³-hybridized carbons (Fsp3) is 0.333. The van der Waals surface area contributed by atoms with Crippen LogP contribution in [-0.4, -0.2) is 28.5 Å². The minimum absolute atomic E-state index is 0.401. The van der Waals surface area contributed by atoms with E-state index in [1.165, 1.54) is 11.8 Å². The maximum Gasteiger partial charge on any atom is 0.321 e. The van der Waals surface area contributed by atoms with Crippen molar-refractivity contribution in [1.29, 1.82) is 0 Å². The van der Waals surface area contributed by atoms with Crippen LogP contribution in [0.5, 0.6) is 0 Å². The molecule has 1 heterocycles. The number of hydrogen-bond acceptors (Lipinski definition) is 5. The van der Waals surface area contributed by atoms with Crippen LogP contribution in [0.25, 0.3) is 0 Å². The number of urea groups is 1. The fourth-order valence-electron chi connectivity index (χ4n) is 2.18. The molecule has 7 heteroatoms. The molecule has 0 bridgehead atoms. The van der Waals surface area contributed by atoms with Crippen LogP contribution in [-0.2, 0) is 4.79 Å². The van der Waals surface area contributed by atoms with E-state index in [1.807, 2.05) is 51.1 Å². The SMILES string of the molecule is CCNC(=O)NC(=O)[C@H](Sc1nc(C)c(C)c(C)n1)c1ccccc1. The lowest BCUT2D eigenvalue weighted by Crippen LogP contribution is -2.41. The average Bonchev–Trinajstić information content (AvgIpc) is 2.58. The van der Waals surface area contributed by atoms with Crippen LogP contribution in [0.3, 0.4) is 0 Å². The first kappa shape index (κ1) is 18.9. The lowest BCUT2D eigenvalue weighted by Gasteiger charge is -2.16. The third-order valence-electron chi connectivity index (χ3n) is 3.75. The second kappa shape index (κ2) is 8.62. The minimum atomic E-state index is -0.620. The molecule has 0 saturated heterocycles. The quantitative estimate of drug-likeness (QED) is 0.634. The van der Waals surface area contributed by atoms with E-state index in [0.717, 1.165) is 22.5 Å². The number of amides is 3. The van der Waals surface area contributed by atoms with Gasteiger partial charge in [0.2, 0.25) is 5.91 Å². The standard InChI is InChI=1S/C18H22N4O2S/c1-5-19-17(24)22-16(23)15(14-9-7-6-8-10-14)25-18-20-12(3)11(2)13(4)21-18/h6-10,15H,5H2,1-4H3,(H2,19,22,23,24)/t15-/m1/s1. The molecular weight excluding hydrogens is 336 g/mol. The van der Waals surface area contributed by atoms with Gasteiger partial charge in [-0.25, -0.2) is 14.8 Å². The number of benzene rings is 1. The van der Waals surface area contributed by atoms with Gasteiger partial charge in [0.15, 0.2) is 5.16 Å². The van der Waals surface area contributed by atoms with Crippen molar-refractivity contribution in [3.63, 3.8) is 0 Å². The van der Waals surface area contributed by atoms with E-state index in [4.69, 9.17) is 0 Å². The van der Waals surface area contributed by atoms with Crippen molar-refractivity contribution < 1.29 is 9.59 Å². The number of carbonyl (C=O) groups excluding carboxylic acids is 2. The fourth-order valence-corrected chi connectivity index (χ4v) is 3.23. The zero-order chi connectivity index (χ0) is 18.4. The third kappa shape index (κ3) is 5.03. The molecule has 132 valence electrons. The third-order valence-corrected chi connectivity index (χ3v) is 4.87. The van der Waals surface area contributed by atoms with Crippen molar-refractivity contribution in [3.05, 3.63) is 52.8 Å². The first-order valence-corrected chi connectivity index (χ1v) is 8.92. The van der Waals surface area contributed by atoms with Crippen LogP contribution >= 0.6 is 11.8 Å². The molecule has 2 N–H and O–H groups in total. The van der Waals surface area contributed by atoms with Gasteiger partial charge in [0.1, 0.15) is 5.25 Å². The Labute approximate surface area is 151 Å². The van der Waals surface area contributed by atoms with Gasteiger partial charge in [-0.05, 0) is 38.8 Å². The normalized spacial score (nSPS) is 11.7. The molecule has 2 aromatic rings. The topological polar surface area (TPSA) is 84.0 Å². The number of aromatic nitrogens is 2. The van der Waals surface area contributed by atoms with Gasteiger partial charge in [0, 0.05) is 17.9 Å². The summed E-state index contributed by atoms with van der Waals surface area (Å²) in [6.45, 7) is 8.04. The Hall–Kier alpha value is -2.41. The van der Waals surface area contributed by atoms with Crippen molar-refractivity contribution in [2.45, 2.75) is 38.1 Å². The predicted octanol–water partition coefficient (Wildman–Crippen LogP) is 3.08. The van der Waals surface area contributed by atoms with E-state index in [2.05, 4.69) is 20.6 Å². The van der Waals surface area contributed by atoms with E-state index in [1.54, 1.807) is 6.92 Å². The summed E-state index contributed by atoms with van der Waals surface area (Å²) in [4.78, 5) is 33.3. The van der Waals surface area contributed by atoms with Crippen LogP contribution in [0.1, 0.15) is 34.7 Å². The number of hydrogen-bond donors (Lipinski definition) is 2. The summed E-state index contributed by atoms with van der Waals surface area (Å²) in [5.74, 6) is -0.401. The molecule has 1 atom stereocenters. The van der Waals surface area contributed by atoms with Crippen molar-refractivity contribution in [2.24, 2.45) is 0 Å². The van der Waals surface area contributed by atoms with E-state index in [9.17, 15) is 9.59 Å². The van der Waals surface area contributed by atoms with Gasteiger partial charge in [-0.3, -0.25) is 10.1 Å². The number of rotatable bonds is 5. The number of carbonyl (C=O) groups is 2. The van der Waals surface area contributed by atoms with Gasteiger partial charge in [0.05, 0.1) is 0 Å². The Bertz CT molecular complexity index is 742. The zero-order valence-electron chi connectivity index (χ0n) is 14.8. The van der Waals surface area contributed by atoms with Crippen molar-refractivity contribution >= 4 is 23.7 Å². The van der Waals surface area contributed by atoms with Crippen LogP contribution < -0.4 is 10.6 Å². The molecule has 0 spiro atoms. The van der Waals surface area contributed by atoms with Crippen LogP contribution in [0.4, 0.5) is 4.79 Å². The summed E-state index contributed by atoms with van der Waals surface area (Å²) >= 11 is 1.23. The molecule has 0 unspecified atom stereocenters. The van der Waals surface area contributed by atoms with Gasteiger partial charge in [-0.15, -0.1) is 0 Å². The molecule has 1 aromatic heterocycles. The first-order valence-electron chi connectivity index (χ1n) is 8.04. The number of imide groups is 1. The summed E-state index contributed by atoms with van der Waals surface area (Å²) in [7, 11) is 0. The monoisotopic (exact) mass is 358 g/mol. The largest absolute Gasteiger partial charge is 0.338 e. The molecule has 3 amide bonds. The molecule has 0 aliphatic rings. The maximum atomic E-state index is 12.6. The van der Waals surface area contributed by atoms with E-state index in [-0.39, 0.29) is 0 Å². The van der Waals surface area contributed by atoms with Crippen LogP contribution in [0, 0.1) is 20.8 Å². The molecule has 0 saturated carbocycles. The maximum absolute atomic E-state index is 12.6. The molecule has 2 rings (SSSR count). The summed E-state index contributed by atoms with van der Waals surface area (Å²) < 4.78 is 0. The summed E-state index contributed by atoms with van der Waals surface area (Å²) in [5.41, 5.74) is 3.58. The number of thioether (sulfide) groups is 1. The van der Waals surface area contributed by atoms with Gasteiger partial charge >= 0.3 is 6.03 Å². The van der Waals surface area contributed by atoms with Crippen molar-refractivity contribution in [1.82, 2.24) is 20.6 Å². The summed E-state index contributed by atoms with van der Waals surface area (Å²) in [6.07, 6.45) is 0. The highest BCUT2D eigenvalue weighted by Crippen LogP contribution is 2.34. The molecule has 0 fully saturated rings. The van der Waals surface area contributed by atoms with Crippen molar-refractivity contribution in [3.8, 4) is 0 Å². The number of nitrogens with zero attached hydrogens (tertiary/aromatic N) is 2. The van der Waals surface area contributed by atoms with Gasteiger partial charge in [-0.1, -0.05) is 42.1 Å². The van der Waals surface area contributed by atoms with E-state index >= 15 is 0 Å². The lowest BCUT2D eigenvalue weighted by molar-refractivity contribution is -0.119. The molecule has 0 aliphatic carbocycles. The second-order valence-corrected chi connectivity index (χ2v) is 6.63. The van der Waals surface area contributed by atoms with E-state index in [0.29, 0.717) is 11.7 Å². The van der Waals surface area contributed by atoms with Crippen LogP contribution in [0.15, 0.2) is 35.5 Å². The lowest BCUT2D eigenvalue weighted by atomic mass is 10.1. The highest BCUT2D eigenvalue weighted by molar-refractivity contribution is 8.00. The Morgan fingerprint density at radius 1 is 1.08 bits per heavy atom. The Morgan fingerprint density at radius 2 is 1.68 bits per heavy atom. The Balaban J connectivity index is 2.29. The van der Waals surface area contributed by atoms with Crippen LogP contribution in [0.2, 0.25) is 0 Å². The predicted molar refractivity (Wildman–Crippen MR) is 98.5 cm³/mol. The molecular formula is C18H22N4O2S. The molecule has 25 heavy (non-hydrogen) atoms.